The van der Waals surface area contributed by atoms with Crippen LogP contribution in [0.15, 0.2) is 70.3 Å². The van der Waals surface area contributed by atoms with Gasteiger partial charge in [0.15, 0.2) is 0 Å². The largest absolute Gasteiger partial charge is 0.506 e. The molecule has 2 aromatic heterocycles. The van der Waals surface area contributed by atoms with Crippen LogP contribution in [0.1, 0.15) is 59.8 Å². The Labute approximate surface area is 242 Å². The molecule has 0 spiro atoms. The van der Waals surface area contributed by atoms with E-state index < -0.39 is 28.7 Å². The van der Waals surface area contributed by atoms with Crippen LogP contribution in [0.2, 0.25) is 0 Å². The molecule has 7 N–H and O–H groups in total. The van der Waals surface area contributed by atoms with E-state index in [9.17, 15) is 34.5 Å². The molecule has 0 aliphatic heterocycles. The Morgan fingerprint density at radius 2 is 1.05 bits per heavy atom. The molecule has 0 bridgehead atoms. The number of hydrogen-bond acceptors (Lipinski definition) is 6. The molecule has 0 atom stereocenters. The SMILES string of the molecule is CC(C)Cc1[nH]c(=O)c(-c2ccccc2)c(O)c1C(=O)O.CC(C)Cc1[nH]c(=O)c(-c2ccccc2)c(O)c1C(N)=O. The molecule has 1 amide bonds. The second-order valence-corrected chi connectivity index (χ2v) is 10.7. The highest BCUT2D eigenvalue weighted by Crippen LogP contribution is 2.32. The lowest BCUT2D eigenvalue weighted by molar-refractivity contribution is 0.0691. The summed E-state index contributed by atoms with van der Waals surface area (Å²) >= 11 is 0. The molecule has 0 saturated heterocycles. The standard InChI is InChI=1S/C16H18N2O3.C16H17NO4/c1-9(2)8-11-13(15(17)20)14(19)12(16(21)18-11)10-6-4-3-5-7-10;1-9(2)8-11-13(16(20)21)14(18)12(15(19)17-11)10-6-4-3-5-7-10/h3-7,9H,8H2,1-2H3,(H2,17,20)(H2,18,19,21);3-7,9H,8H2,1-2H3,(H,20,21)(H2,17,18,19). The molecule has 2 aromatic carbocycles. The second kappa shape index (κ2) is 13.5. The number of nitrogens with two attached hydrogens (primary N) is 1. The first-order chi connectivity index (χ1) is 19.8. The summed E-state index contributed by atoms with van der Waals surface area (Å²) in [7, 11) is 0. The van der Waals surface area contributed by atoms with Gasteiger partial charge in [-0.3, -0.25) is 14.4 Å². The van der Waals surface area contributed by atoms with E-state index in [0.29, 0.717) is 29.7 Å². The van der Waals surface area contributed by atoms with Crippen LogP contribution in [-0.4, -0.2) is 37.2 Å². The van der Waals surface area contributed by atoms with Crippen LogP contribution < -0.4 is 16.9 Å². The summed E-state index contributed by atoms with van der Waals surface area (Å²) in [5.74, 6) is -2.48. The lowest BCUT2D eigenvalue weighted by Crippen LogP contribution is -2.22. The molecule has 0 aliphatic carbocycles. The first-order valence-corrected chi connectivity index (χ1v) is 13.4. The summed E-state index contributed by atoms with van der Waals surface area (Å²) in [6.45, 7) is 7.72. The third kappa shape index (κ3) is 7.14. The summed E-state index contributed by atoms with van der Waals surface area (Å²) in [6.07, 6.45) is 0.829. The lowest BCUT2D eigenvalue weighted by Gasteiger charge is -2.13. The van der Waals surface area contributed by atoms with E-state index in [0.717, 1.165) is 0 Å². The van der Waals surface area contributed by atoms with Gasteiger partial charge in [-0.15, -0.1) is 0 Å². The Bertz CT molecular complexity index is 1560. The van der Waals surface area contributed by atoms with Crippen molar-refractivity contribution < 1.29 is 24.9 Å². The van der Waals surface area contributed by atoms with Crippen LogP contribution in [0.5, 0.6) is 11.5 Å². The average molecular weight is 574 g/mol. The van der Waals surface area contributed by atoms with Gasteiger partial charge in [0.25, 0.3) is 17.0 Å². The van der Waals surface area contributed by atoms with Crippen molar-refractivity contribution in [2.75, 3.05) is 0 Å². The Kier molecular flexibility index (Phi) is 10.1. The number of rotatable bonds is 8. The Morgan fingerprint density at radius 1 is 0.690 bits per heavy atom. The minimum Gasteiger partial charge on any atom is -0.506 e. The highest BCUT2D eigenvalue weighted by molar-refractivity contribution is 5.99. The van der Waals surface area contributed by atoms with Crippen LogP contribution in [0.3, 0.4) is 0 Å². The average Bonchev–Trinajstić information content (AvgIpc) is 2.89. The lowest BCUT2D eigenvalue weighted by atomic mass is 9.97. The van der Waals surface area contributed by atoms with Crippen LogP contribution in [0.25, 0.3) is 22.3 Å². The molecule has 0 saturated carbocycles. The van der Waals surface area contributed by atoms with Crippen LogP contribution in [-0.2, 0) is 12.8 Å². The zero-order valence-corrected chi connectivity index (χ0v) is 23.9. The number of benzene rings is 2. The molecular formula is C32H35N3O7. The maximum Gasteiger partial charge on any atom is 0.341 e. The third-order valence-electron chi connectivity index (χ3n) is 6.34. The van der Waals surface area contributed by atoms with E-state index in [1.165, 1.54) is 0 Å². The summed E-state index contributed by atoms with van der Waals surface area (Å²) in [4.78, 5) is 52.8. The highest BCUT2D eigenvalue weighted by atomic mass is 16.4. The number of H-pyrrole nitrogens is 2. The first-order valence-electron chi connectivity index (χ1n) is 13.4. The smallest absolute Gasteiger partial charge is 0.341 e. The summed E-state index contributed by atoms with van der Waals surface area (Å²) in [5, 5.41) is 30.0. The van der Waals surface area contributed by atoms with E-state index in [1.54, 1.807) is 60.7 Å². The van der Waals surface area contributed by atoms with Crippen molar-refractivity contribution in [2.45, 2.75) is 40.5 Å². The molecule has 0 aliphatic rings. The molecular weight excluding hydrogens is 538 g/mol. The first kappa shape index (κ1) is 31.4. The molecule has 220 valence electrons. The highest BCUT2D eigenvalue weighted by Gasteiger charge is 2.24. The number of aromatic amines is 2. The van der Waals surface area contributed by atoms with Crippen molar-refractivity contribution in [1.82, 2.24) is 9.97 Å². The van der Waals surface area contributed by atoms with Gasteiger partial charge >= 0.3 is 5.97 Å². The van der Waals surface area contributed by atoms with Crippen LogP contribution >= 0.6 is 0 Å². The van der Waals surface area contributed by atoms with Crippen LogP contribution in [0.4, 0.5) is 0 Å². The number of carboxylic acids is 1. The molecule has 0 unspecified atom stereocenters. The minimum atomic E-state index is -1.25. The number of aromatic nitrogens is 2. The molecule has 0 fully saturated rings. The van der Waals surface area contributed by atoms with Gasteiger partial charge in [-0.25, -0.2) is 4.79 Å². The molecule has 0 radical (unpaired) electrons. The molecule has 10 heteroatoms. The van der Waals surface area contributed by atoms with Gasteiger partial charge in [0.2, 0.25) is 0 Å². The van der Waals surface area contributed by atoms with Gasteiger partial charge in [-0.2, -0.15) is 0 Å². The minimum absolute atomic E-state index is 0.0119. The molecule has 42 heavy (non-hydrogen) atoms. The summed E-state index contributed by atoms with van der Waals surface area (Å²) in [6, 6.07) is 17.2. The number of hydrogen-bond donors (Lipinski definition) is 6. The quantitative estimate of drug-likeness (QED) is 0.176. The molecule has 4 aromatic rings. The van der Waals surface area contributed by atoms with Crippen molar-refractivity contribution in [3.63, 3.8) is 0 Å². The number of carbonyl (C=O) groups excluding carboxylic acids is 1. The number of carbonyl (C=O) groups is 2. The monoisotopic (exact) mass is 573 g/mol. The number of carboxylic acid groups (broad SMARTS) is 1. The fourth-order valence-electron chi connectivity index (χ4n) is 4.64. The number of primary amides is 1. The van der Waals surface area contributed by atoms with Gasteiger partial charge in [-0.05, 0) is 35.8 Å². The van der Waals surface area contributed by atoms with E-state index >= 15 is 0 Å². The van der Waals surface area contributed by atoms with Gasteiger partial charge < -0.3 is 31.0 Å². The van der Waals surface area contributed by atoms with Gasteiger partial charge in [0.1, 0.15) is 22.6 Å². The van der Waals surface area contributed by atoms with E-state index in [2.05, 4.69) is 9.97 Å². The zero-order chi connectivity index (χ0) is 31.1. The van der Waals surface area contributed by atoms with Crippen molar-refractivity contribution in [1.29, 1.82) is 0 Å². The van der Waals surface area contributed by atoms with Gasteiger partial charge in [0, 0.05) is 11.4 Å². The topological polar surface area (TPSA) is 187 Å². The van der Waals surface area contributed by atoms with Crippen molar-refractivity contribution in [3.05, 3.63) is 104 Å². The van der Waals surface area contributed by atoms with Crippen molar-refractivity contribution in [3.8, 4) is 33.8 Å². The number of aromatic carboxylic acids is 1. The Hall–Kier alpha value is -5.12. The van der Waals surface area contributed by atoms with E-state index in [-0.39, 0.29) is 45.5 Å². The predicted molar refractivity (Wildman–Crippen MR) is 161 cm³/mol. The predicted octanol–water partition coefficient (Wildman–Crippen LogP) is 4.69. The van der Waals surface area contributed by atoms with Crippen molar-refractivity contribution in [2.24, 2.45) is 17.6 Å². The summed E-state index contributed by atoms with van der Waals surface area (Å²) < 4.78 is 0. The fraction of sp³-hybridized carbons (Fsp3) is 0.250. The number of amides is 1. The molecule has 2 heterocycles. The normalized spacial score (nSPS) is 10.8. The van der Waals surface area contributed by atoms with Crippen LogP contribution in [0, 0.1) is 11.8 Å². The molecule has 10 nitrogen and oxygen atoms in total. The maximum atomic E-state index is 12.2. The maximum absolute atomic E-state index is 12.2. The Morgan fingerprint density at radius 3 is 1.38 bits per heavy atom. The fourth-order valence-corrected chi connectivity index (χ4v) is 4.64. The van der Waals surface area contributed by atoms with E-state index in [4.69, 9.17) is 5.73 Å². The van der Waals surface area contributed by atoms with Crippen molar-refractivity contribution >= 4 is 11.9 Å². The molecule has 4 rings (SSSR count). The number of nitrogens with one attached hydrogen (secondary N) is 2. The van der Waals surface area contributed by atoms with Gasteiger partial charge in [-0.1, -0.05) is 88.4 Å². The third-order valence-corrected chi connectivity index (χ3v) is 6.34. The Balaban J connectivity index is 0.000000230. The summed E-state index contributed by atoms with van der Waals surface area (Å²) in [5.41, 5.74) is 5.90. The number of aromatic hydroxyl groups is 2. The number of pyridine rings is 2. The zero-order valence-electron chi connectivity index (χ0n) is 23.9. The van der Waals surface area contributed by atoms with E-state index in [1.807, 2.05) is 27.7 Å². The second-order valence-electron chi connectivity index (χ2n) is 10.7. The van der Waals surface area contributed by atoms with Gasteiger partial charge in [0.05, 0.1) is 11.1 Å².